The Hall–Kier alpha value is -6.27. The largest absolute Gasteiger partial charge is 0.253 e. The Morgan fingerprint density at radius 2 is 1.06 bits per heavy atom. The summed E-state index contributed by atoms with van der Waals surface area (Å²) in [5, 5.41) is 59.0. The molecule has 2 aromatic rings. The molecule has 0 radical (unpaired) electrons. The van der Waals surface area contributed by atoms with Crippen LogP contribution >= 0.6 is 0 Å². The van der Waals surface area contributed by atoms with Gasteiger partial charge in [0, 0.05) is 33.4 Å². The van der Waals surface area contributed by atoms with Crippen molar-refractivity contribution in [3.63, 3.8) is 0 Å². The zero-order valence-corrected chi connectivity index (χ0v) is 17.7. The van der Waals surface area contributed by atoms with Crippen molar-refractivity contribution in [1.82, 2.24) is 15.0 Å². The summed E-state index contributed by atoms with van der Waals surface area (Å²) in [5.41, 5.74) is -2.22. The summed E-state index contributed by atoms with van der Waals surface area (Å²) < 4.78 is 27.1. The Balaban J connectivity index is 2.23. The molecule has 2 heterocycles. The van der Waals surface area contributed by atoms with E-state index in [2.05, 4.69) is 15.0 Å². The first kappa shape index (κ1) is 22.9. The van der Waals surface area contributed by atoms with Crippen LogP contribution in [0.15, 0.2) is 75.3 Å². The van der Waals surface area contributed by atoms with E-state index in [4.69, 9.17) is 0 Å². The van der Waals surface area contributed by atoms with Crippen LogP contribution in [0.3, 0.4) is 0 Å². The van der Waals surface area contributed by atoms with Crippen molar-refractivity contribution in [1.29, 1.82) is 31.6 Å². The van der Waals surface area contributed by atoms with Gasteiger partial charge in [-0.1, -0.05) is 0 Å². The fraction of sp³-hybridized carbons (Fsp3) is 0. The van der Waals surface area contributed by atoms with Crippen LogP contribution < -0.4 is 0 Å². The summed E-state index contributed by atoms with van der Waals surface area (Å²) in [6.07, 6.45) is 2.49. The first-order valence-corrected chi connectivity index (χ1v) is 9.69. The Morgan fingerprint density at radius 3 is 1.50 bits per heavy atom. The van der Waals surface area contributed by atoms with E-state index in [9.17, 15) is 40.4 Å². The summed E-state index contributed by atoms with van der Waals surface area (Å²) >= 11 is 0. The third-order valence-corrected chi connectivity index (χ3v) is 5.25. The number of hydrogen-bond acceptors (Lipinski definition) is 9. The van der Waals surface area contributed by atoms with Crippen LogP contribution in [0.2, 0.25) is 0 Å². The summed E-state index contributed by atoms with van der Waals surface area (Å²) in [4.78, 5) is 11.7. The third kappa shape index (κ3) is 3.28. The first-order chi connectivity index (χ1) is 17.4. The van der Waals surface area contributed by atoms with E-state index in [1.165, 1.54) is 6.07 Å². The molecule has 2 aliphatic rings. The maximum atomic E-state index is 13.6. The molecule has 0 aliphatic heterocycles. The second-order valence-corrected chi connectivity index (χ2v) is 7.01. The van der Waals surface area contributed by atoms with Crippen LogP contribution in [-0.2, 0) is 0 Å². The molecule has 0 saturated heterocycles. The highest BCUT2D eigenvalue weighted by atomic mass is 19.1. The predicted molar refractivity (Wildman–Crippen MR) is 115 cm³/mol. The standard InChI is InChI=1S/C25H5F2N9/c26-14-1-2-18(34-9-14)21-16(7-32)22-20(13(5-30)6-31)24(25-35-10-15(27)11-36-25)17(8-33)23(22)19(21)12(3-28)4-29/h1-2,9-11H. The van der Waals surface area contributed by atoms with Gasteiger partial charge in [-0.15, -0.1) is 0 Å². The molecule has 0 atom stereocenters. The maximum Gasteiger partial charge on any atom is 0.161 e. The summed E-state index contributed by atoms with van der Waals surface area (Å²) in [7, 11) is 0. The minimum atomic E-state index is -0.790. The second-order valence-electron chi connectivity index (χ2n) is 7.01. The van der Waals surface area contributed by atoms with Gasteiger partial charge < -0.3 is 0 Å². The molecule has 0 bridgehead atoms. The van der Waals surface area contributed by atoms with Gasteiger partial charge in [-0.05, 0) is 12.1 Å². The quantitative estimate of drug-likeness (QED) is 0.595. The molecule has 0 unspecified atom stereocenters. The summed E-state index contributed by atoms with van der Waals surface area (Å²) in [6.45, 7) is 0. The van der Waals surface area contributed by atoms with Crippen LogP contribution in [0.1, 0.15) is 11.5 Å². The van der Waals surface area contributed by atoms with Crippen molar-refractivity contribution in [3.8, 4) is 36.4 Å². The van der Waals surface area contributed by atoms with E-state index in [0.29, 0.717) is 0 Å². The van der Waals surface area contributed by atoms with Crippen molar-refractivity contribution in [3.05, 3.63) is 98.5 Å². The average molecular weight is 469 g/mol. The van der Waals surface area contributed by atoms with Gasteiger partial charge in [0.1, 0.15) is 53.4 Å². The van der Waals surface area contributed by atoms with Gasteiger partial charge in [-0.3, -0.25) is 4.98 Å². The number of nitriles is 6. The molecule has 0 amide bonds. The molecule has 2 aromatic heterocycles. The molecule has 164 valence electrons. The van der Waals surface area contributed by atoms with E-state index in [1.807, 2.05) is 12.1 Å². The minimum absolute atomic E-state index is 0.00652. The monoisotopic (exact) mass is 469 g/mol. The molecule has 2 aliphatic carbocycles. The number of halogens is 2. The van der Waals surface area contributed by atoms with E-state index >= 15 is 0 Å². The van der Waals surface area contributed by atoms with Crippen LogP contribution in [0.4, 0.5) is 8.78 Å². The highest BCUT2D eigenvalue weighted by molar-refractivity contribution is 6.10. The van der Waals surface area contributed by atoms with Gasteiger partial charge in [0.25, 0.3) is 0 Å². The lowest BCUT2D eigenvalue weighted by Gasteiger charge is -2.13. The number of hydrogen-bond donors (Lipinski definition) is 0. The second kappa shape index (κ2) is 8.93. The van der Waals surface area contributed by atoms with Crippen molar-refractivity contribution in [2.75, 3.05) is 0 Å². The number of allylic oxidation sites excluding steroid dienone is 10. The summed E-state index contributed by atoms with van der Waals surface area (Å²) in [6, 6.07) is 13.0. The van der Waals surface area contributed by atoms with Crippen molar-refractivity contribution >= 4 is 11.1 Å². The van der Waals surface area contributed by atoms with E-state index in [0.717, 1.165) is 24.7 Å². The number of aromatic nitrogens is 3. The molecule has 0 aromatic carbocycles. The fourth-order valence-corrected chi connectivity index (χ4v) is 3.94. The third-order valence-electron chi connectivity index (χ3n) is 5.25. The first-order valence-electron chi connectivity index (χ1n) is 9.69. The van der Waals surface area contributed by atoms with E-state index in [1.54, 1.807) is 24.3 Å². The highest BCUT2D eigenvalue weighted by Gasteiger charge is 2.45. The van der Waals surface area contributed by atoms with Crippen molar-refractivity contribution < 1.29 is 8.78 Å². The van der Waals surface area contributed by atoms with E-state index in [-0.39, 0.29) is 56.1 Å². The smallest absolute Gasteiger partial charge is 0.161 e. The van der Waals surface area contributed by atoms with Gasteiger partial charge in [-0.2, -0.15) is 31.6 Å². The molecule has 4 rings (SSSR count). The lowest BCUT2D eigenvalue weighted by Crippen LogP contribution is -2.04. The van der Waals surface area contributed by atoms with Gasteiger partial charge in [0.05, 0.1) is 35.4 Å². The molecule has 0 saturated carbocycles. The molecule has 9 nitrogen and oxygen atoms in total. The topological polar surface area (TPSA) is 181 Å². The van der Waals surface area contributed by atoms with Crippen LogP contribution in [0, 0.1) is 79.6 Å². The average Bonchev–Trinajstić information content (AvgIpc) is 3.39. The number of pyridine rings is 1. The Morgan fingerprint density at radius 1 is 0.583 bits per heavy atom. The zero-order chi connectivity index (χ0) is 26.0. The van der Waals surface area contributed by atoms with Gasteiger partial charge in [-0.25, -0.2) is 18.7 Å². The fourth-order valence-electron chi connectivity index (χ4n) is 3.94. The normalized spacial score (nSPS) is 13.8. The van der Waals surface area contributed by atoms with Crippen molar-refractivity contribution in [2.24, 2.45) is 0 Å². The Labute approximate surface area is 201 Å². The predicted octanol–water partition coefficient (Wildman–Crippen LogP) is 3.42. The number of rotatable bonds is 2. The minimum Gasteiger partial charge on any atom is -0.253 e. The summed E-state index contributed by atoms with van der Waals surface area (Å²) in [5.74, 6) is -1.71. The molecular weight excluding hydrogens is 464 g/mol. The van der Waals surface area contributed by atoms with Gasteiger partial charge in [0.15, 0.2) is 11.6 Å². The maximum absolute atomic E-state index is 13.6. The van der Waals surface area contributed by atoms with Gasteiger partial charge in [0.2, 0.25) is 0 Å². The molecule has 0 N–H and O–H groups in total. The van der Waals surface area contributed by atoms with Gasteiger partial charge >= 0.3 is 0 Å². The lowest BCUT2D eigenvalue weighted by molar-refractivity contribution is 0.612. The molecule has 0 fully saturated rings. The van der Waals surface area contributed by atoms with Crippen LogP contribution in [-0.4, -0.2) is 15.0 Å². The molecule has 36 heavy (non-hydrogen) atoms. The lowest BCUT2D eigenvalue weighted by atomic mass is 9.88. The highest BCUT2D eigenvalue weighted by Crippen LogP contribution is 2.56. The van der Waals surface area contributed by atoms with Crippen LogP contribution in [0.25, 0.3) is 11.1 Å². The molecule has 0 spiro atoms. The number of nitrogens with zero attached hydrogens (tertiary/aromatic N) is 9. The van der Waals surface area contributed by atoms with E-state index < -0.39 is 22.8 Å². The van der Waals surface area contributed by atoms with Crippen molar-refractivity contribution in [2.45, 2.75) is 0 Å². The SMILES string of the molecule is N#CC(C#N)=C1C2=C(C(C#N)=C1c1ccc(F)cn1)C(=C(C#N)C#N)C(c1ncc(F)cn1)=C2C#N. The van der Waals surface area contributed by atoms with Crippen LogP contribution in [0.5, 0.6) is 0 Å². The Bertz CT molecular complexity index is 1610. The zero-order valence-electron chi connectivity index (χ0n) is 17.7. The molecular formula is C25H5F2N9. The Kier molecular flexibility index (Phi) is 5.68. The molecule has 11 heteroatoms.